The van der Waals surface area contributed by atoms with Gasteiger partial charge >= 0.3 is 6.18 Å². The van der Waals surface area contributed by atoms with Gasteiger partial charge in [0.2, 0.25) is 11.8 Å². The van der Waals surface area contributed by atoms with E-state index in [1.54, 1.807) is 12.1 Å². The summed E-state index contributed by atoms with van der Waals surface area (Å²) in [4.78, 5) is 14.8. The van der Waals surface area contributed by atoms with Crippen molar-refractivity contribution in [2.75, 3.05) is 0 Å². The van der Waals surface area contributed by atoms with Gasteiger partial charge in [0.15, 0.2) is 0 Å². The number of carbonyl (C=O) groups is 1. The van der Waals surface area contributed by atoms with Gasteiger partial charge in [-0.25, -0.2) is 4.98 Å². The minimum Gasteiger partial charge on any atom is -0.439 e. The summed E-state index contributed by atoms with van der Waals surface area (Å²) in [5.41, 5.74) is 4.74. The number of benzene rings is 1. The van der Waals surface area contributed by atoms with Crippen LogP contribution < -0.4 is 10.5 Å². The standard InChI is InChI=1S/C15H11F3N2O2/c1-9(14(19)21)10-3-2-4-12(7-10)22-13-8-11(5-6-20-13)15(16,17)18/h2-8H,1H2,(H2,19,21). The fourth-order valence-corrected chi connectivity index (χ4v) is 1.65. The second kappa shape index (κ2) is 5.88. The summed E-state index contributed by atoms with van der Waals surface area (Å²) in [7, 11) is 0. The normalized spacial score (nSPS) is 11.0. The average molecular weight is 308 g/mol. The summed E-state index contributed by atoms with van der Waals surface area (Å²) in [6.07, 6.45) is -3.48. The van der Waals surface area contributed by atoms with E-state index in [4.69, 9.17) is 10.5 Å². The van der Waals surface area contributed by atoms with E-state index in [0.29, 0.717) is 5.56 Å². The molecule has 2 rings (SSSR count). The fraction of sp³-hybridized carbons (Fsp3) is 0.0667. The van der Waals surface area contributed by atoms with Gasteiger partial charge in [-0.3, -0.25) is 4.79 Å². The van der Waals surface area contributed by atoms with E-state index in [2.05, 4.69) is 11.6 Å². The van der Waals surface area contributed by atoms with Gasteiger partial charge < -0.3 is 10.5 Å². The van der Waals surface area contributed by atoms with Gasteiger partial charge in [0.1, 0.15) is 5.75 Å². The molecule has 0 fully saturated rings. The Morgan fingerprint density at radius 2 is 1.95 bits per heavy atom. The SMILES string of the molecule is C=C(C(N)=O)c1cccc(Oc2cc(C(F)(F)F)ccn2)c1. The number of ether oxygens (including phenoxy) is 1. The number of amides is 1. The van der Waals surface area contributed by atoms with E-state index < -0.39 is 17.6 Å². The first-order valence-corrected chi connectivity index (χ1v) is 6.07. The maximum Gasteiger partial charge on any atom is 0.416 e. The molecular formula is C15H11F3N2O2. The van der Waals surface area contributed by atoms with E-state index in [1.165, 1.54) is 12.1 Å². The number of nitrogens with zero attached hydrogens (tertiary/aromatic N) is 1. The Labute approximate surface area is 124 Å². The quantitative estimate of drug-likeness (QED) is 0.880. The summed E-state index contributed by atoms with van der Waals surface area (Å²) >= 11 is 0. The van der Waals surface area contributed by atoms with Crippen molar-refractivity contribution >= 4 is 11.5 Å². The van der Waals surface area contributed by atoms with Crippen LogP contribution in [-0.4, -0.2) is 10.9 Å². The molecule has 0 aliphatic rings. The third kappa shape index (κ3) is 3.63. The molecule has 0 saturated carbocycles. The number of alkyl halides is 3. The Kier molecular flexibility index (Phi) is 4.16. The molecule has 7 heteroatoms. The predicted molar refractivity (Wildman–Crippen MR) is 74.0 cm³/mol. The highest BCUT2D eigenvalue weighted by atomic mass is 19.4. The number of hydrogen-bond acceptors (Lipinski definition) is 3. The van der Waals surface area contributed by atoms with Crippen LogP contribution in [0.2, 0.25) is 0 Å². The predicted octanol–water partition coefficient (Wildman–Crippen LogP) is 3.39. The number of primary amides is 1. The van der Waals surface area contributed by atoms with Gasteiger partial charge in [-0.05, 0) is 23.8 Å². The number of halogens is 3. The summed E-state index contributed by atoms with van der Waals surface area (Å²) in [5.74, 6) is -0.697. The lowest BCUT2D eigenvalue weighted by Gasteiger charge is -2.10. The number of hydrogen-bond donors (Lipinski definition) is 1. The van der Waals surface area contributed by atoms with Gasteiger partial charge in [-0.15, -0.1) is 0 Å². The van der Waals surface area contributed by atoms with Crippen LogP contribution >= 0.6 is 0 Å². The Bertz CT molecular complexity index is 727. The van der Waals surface area contributed by atoms with Crippen molar-refractivity contribution in [2.45, 2.75) is 6.18 Å². The van der Waals surface area contributed by atoms with Crippen LogP contribution in [0.25, 0.3) is 5.57 Å². The molecule has 0 spiro atoms. The molecule has 0 bridgehead atoms. The first-order valence-electron chi connectivity index (χ1n) is 6.07. The Morgan fingerprint density at radius 3 is 2.59 bits per heavy atom. The van der Waals surface area contributed by atoms with Crippen LogP contribution in [0.1, 0.15) is 11.1 Å². The molecule has 22 heavy (non-hydrogen) atoms. The van der Waals surface area contributed by atoms with Crippen LogP contribution in [0.4, 0.5) is 13.2 Å². The largest absolute Gasteiger partial charge is 0.439 e. The van der Waals surface area contributed by atoms with E-state index in [1.807, 2.05) is 0 Å². The zero-order chi connectivity index (χ0) is 16.3. The molecule has 1 aromatic carbocycles. The molecule has 2 N–H and O–H groups in total. The number of carbonyl (C=O) groups excluding carboxylic acids is 1. The molecule has 114 valence electrons. The highest BCUT2D eigenvalue weighted by Crippen LogP contribution is 2.31. The van der Waals surface area contributed by atoms with Crippen molar-refractivity contribution in [1.82, 2.24) is 4.98 Å². The maximum absolute atomic E-state index is 12.6. The van der Waals surface area contributed by atoms with E-state index >= 15 is 0 Å². The topological polar surface area (TPSA) is 65.2 Å². The Hall–Kier alpha value is -2.83. The van der Waals surface area contributed by atoms with E-state index in [9.17, 15) is 18.0 Å². The van der Waals surface area contributed by atoms with Crippen molar-refractivity contribution in [3.63, 3.8) is 0 Å². The molecular weight excluding hydrogens is 297 g/mol. The van der Waals surface area contributed by atoms with Crippen molar-refractivity contribution < 1.29 is 22.7 Å². The molecule has 4 nitrogen and oxygen atoms in total. The fourth-order valence-electron chi connectivity index (χ4n) is 1.65. The minimum atomic E-state index is -4.48. The molecule has 2 aromatic rings. The van der Waals surface area contributed by atoms with Gasteiger partial charge in [0.25, 0.3) is 0 Å². The van der Waals surface area contributed by atoms with Crippen LogP contribution in [0.3, 0.4) is 0 Å². The van der Waals surface area contributed by atoms with Crippen molar-refractivity contribution in [3.05, 3.63) is 60.3 Å². The van der Waals surface area contributed by atoms with E-state index in [-0.39, 0.29) is 17.2 Å². The molecule has 0 unspecified atom stereocenters. The Morgan fingerprint density at radius 1 is 1.23 bits per heavy atom. The molecule has 0 atom stereocenters. The number of pyridine rings is 1. The molecule has 0 radical (unpaired) electrons. The summed E-state index contributed by atoms with van der Waals surface area (Å²) < 4.78 is 43.1. The number of rotatable bonds is 4. The van der Waals surface area contributed by atoms with Crippen molar-refractivity contribution in [3.8, 4) is 11.6 Å². The monoisotopic (exact) mass is 308 g/mol. The van der Waals surface area contributed by atoms with Gasteiger partial charge in [0, 0.05) is 17.8 Å². The van der Waals surface area contributed by atoms with Crippen molar-refractivity contribution in [1.29, 1.82) is 0 Å². The lowest BCUT2D eigenvalue weighted by Crippen LogP contribution is -2.11. The van der Waals surface area contributed by atoms with Gasteiger partial charge in [0.05, 0.1) is 5.56 Å². The zero-order valence-electron chi connectivity index (χ0n) is 11.2. The third-order valence-electron chi connectivity index (χ3n) is 2.76. The summed E-state index contributed by atoms with van der Waals surface area (Å²) in [5, 5.41) is 0. The first-order chi connectivity index (χ1) is 10.3. The number of aromatic nitrogens is 1. The summed E-state index contributed by atoms with van der Waals surface area (Å²) in [6, 6.07) is 7.73. The minimum absolute atomic E-state index is 0.0717. The van der Waals surface area contributed by atoms with Gasteiger partial charge in [-0.1, -0.05) is 18.7 Å². The second-order valence-corrected chi connectivity index (χ2v) is 4.35. The number of nitrogens with two attached hydrogens (primary N) is 1. The second-order valence-electron chi connectivity index (χ2n) is 4.35. The third-order valence-corrected chi connectivity index (χ3v) is 2.76. The summed E-state index contributed by atoms with van der Waals surface area (Å²) in [6.45, 7) is 3.52. The van der Waals surface area contributed by atoms with Crippen LogP contribution in [0.5, 0.6) is 11.6 Å². The first kappa shape index (κ1) is 15.6. The highest BCUT2D eigenvalue weighted by molar-refractivity contribution is 6.17. The molecule has 1 amide bonds. The van der Waals surface area contributed by atoms with Gasteiger partial charge in [-0.2, -0.15) is 13.2 Å². The lowest BCUT2D eigenvalue weighted by atomic mass is 10.1. The Balaban J connectivity index is 2.26. The molecule has 1 aromatic heterocycles. The molecule has 0 aliphatic carbocycles. The lowest BCUT2D eigenvalue weighted by molar-refractivity contribution is -0.137. The zero-order valence-corrected chi connectivity index (χ0v) is 11.2. The molecule has 1 heterocycles. The van der Waals surface area contributed by atoms with Crippen LogP contribution in [0, 0.1) is 0 Å². The highest BCUT2D eigenvalue weighted by Gasteiger charge is 2.31. The molecule has 0 saturated heterocycles. The van der Waals surface area contributed by atoms with Crippen LogP contribution in [0.15, 0.2) is 49.2 Å². The average Bonchev–Trinajstić information content (AvgIpc) is 2.46. The van der Waals surface area contributed by atoms with Crippen LogP contribution in [-0.2, 0) is 11.0 Å². The molecule has 0 aliphatic heterocycles. The van der Waals surface area contributed by atoms with Crippen molar-refractivity contribution in [2.24, 2.45) is 5.73 Å². The van der Waals surface area contributed by atoms with E-state index in [0.717, 1.165) is 18.3 Å². The maximum atomic E-state index is 12.6. The smallest absolute Gasteiger partial charge is 0.416 e.